The van der Waals surface area contributed by atoms with Gasteiger partial charge in [-0.3, -0.25) is 4.79 Å². The molecule has 1 amide bonds. The fourth-order valence-electron chi connectivity index (χ4n) is 3.55. The summed E-state index contributed by atoms with van der Waals surface area (Å²) in [6.07, 6.45) is 1.78. The first-order chi connectivity index (χ1) is 12.8. The summed E-state index contributed by atoms with van der Waals surface area (Å²) < 4.78 is 5.14. The molecule has 2 aromatic carbocycles. The summed E-state index contributed by atoms with van der Waals surface area (Å²) in [7, 11) is 1.83. The minimum atomic E-state index is -1.01. The molecular formula is C22H25NO4. The normalized spacial score (nSPS) is 14.5. The van der Waals surface area contributed by atoms with E-state index in [4.69, 9.17) is 9.84 Å². The first kappa shape index (κ1) is 19.0. The quantitative estimate of drug-likeness (QED) is 0.814. The largest absolute Gasteiger partial charge is 0.482 e. The molecule has 27 heavy (non-hydrogen) atoms. The Kier molecular flexibility index (Phi) is 5.22. The zero-order valence-electron chi connectivity index (χ0n) is 16.0. The molecule has 0 saturated heterocycles. The average molecular weight is 367 g/mol. The van der Waals surface area contributed by atoms with Gasteiger partial charge in [0.1, 0.15) is 5.75 Å². The van der Waals surface area contributed by atoms with Crippen molar-refractivity contribution in [3.05, 3.63) is 64.7 Å². The number of carbonyl (C=O) groups excluding carboxylic acids is 1. The van der Waals surface area contributed by atoms with Gasteiger partial charge >= 0.3 is 5.97 Å². The number of rotatable bonds is 7. The number of carboxylic acids is 1. The van der Waals surface area contributed by atoms with Crippen molar-refractivity contribution in [1.29, 1.82) is 0 Å². The Balaban J connectivity index is 1.68. The van der Waals surface area contributed by atoms with Crippen molar-refractivity contribution in [2.45, 2.75) is 38.6 Å². The predicted molar refractivity (Wildman–Crippen MR) is 103 cm³/mol. The molecule has 0 aliphatic heterocycles. The second-order valence-corrected chi connectivity index (χ2v) is 7.45. The smallest absolute Gasteiger partial charge is 0.341 e. The van der Waals surface area contributed by atoms with Crippen LogP contribution in [0.1, 0.15) is 35.1 Å². The lowest BCUT2D eigenvalue weighted by molar-refractivity contribution is -0.139. The Morgan fingerprint density at radius 1 is 1.07 bits per heavy atom. The molecule has 0 spiro atoms. The minimum absolute atomic E-state index is 0.152. The van der Waals surface area contributed by atoms with Crippen molar-refractivity contribution in [1.82, 2.24) is 4.90 Å². The molecule has 2 aromatic rings. The van der Waals surface area contributed by atoms with E-state index in [0.29, 0.717) is 12.3 Å². The zero-order valence-corrected chi connectivity index (χ0v) is 16.0. The highest BCUT2D eigenvalue weighted by Gasteiger charge is 2.52. The Labute approximate surface area is 159 Å². The molecule has 1 aliphatic rings. The van der Waals surface area contributed by atoms with Crippen molar-refractivity contribution in [2.24, 2.45) is 0 Å². The highest BCUT2D eigenvalue weighted by Crippen LogP contribution is 2.50. The molecule has 142 valence electrons. The molecule has 0 unspecified atom stereocenters. The summed E-state index contributed by atoms with van der Waals surface area (Å²) in [6, 6.07) is 13.6. The van der Waals surface area contributed by atoms with Gasteiger partial charge in [-0.25, -0.2) is 4.79 Å². The summed E-state index contributed by atoms with van der Waals surface area (Å²) in [4.78, 5) is 25.5. The van der Waals surface area contributed by atoms with E-state index in [2.05, 4.69) is 32.0 Å². The van der Waals surface area contributed by atoms with Crippen molar-refractivity contribution in [2.75, 3.05) is 13.7 Å². The highest BCUT2D eigenvalue weighted by atomic mass is 16.5. The third-order valence-corrected chi connectivity index (χ3v) is 4.99. The number of carbonyl (C=O) groups is 2. The second kappa shape index (κ2) is 7.43. The number of likely N-dealkylation sites (N-methyl/N-ethyl adjacent to an activating group) is 1. The number of aryl methyl sites for hydroxylation is 2. The minimum Gasteiger partial charge on any atom is -0.482 e. The van der Waals surface area contributed by atoms with E-state index in [-0.39, 0.29) is 17.9 Å². The van der Waals surface area contributed by atoms with E-state index in [1.54, 1.807) is 17.0 Å². The van der Waals surface area contributed by atoms with Crippen LogP contribution in [0.25, 0.3) is 0 Å². The number of nitrogens with zero attached hydrogens (tertiary/aromatic N) is 1. The van der Waals surface area contributed by atoms with Gasteiger partial charge in [0.05, 0.1) is 5.41 Å². The first-order valence-corrected chi connectivity index (χ1v) is 9.08. The summed E-state index contributed by atoms with van der Waals surface area (Å²) in [5.41, 5.74) is 4.09. The van der Waals surface area contributed by atoms with Crippen LogP contribution in [0.4, 0.5) is 0 Å². The van der Waals surface area contributed by atoms with E-state index >= 15 is 0 Å². The summed E-state index contributed by atoms with van der Waals surface area (Å²) in [5.74, 6) is -0.353. The van der Waals surface area contributed by atoms with E-state index in [1.165, 1.54) is 11.1 Å². The number of benzene rings is 2. The maximum Gasteiger partial charge on any atom is 0.341 e. The summed E-state index contributed by atoms with van der Waals surface area (Å²) in [6.45, 7) is 4.27. The van der Waals surface area contributed by atoms with Gasteiger partial charge in [-0.15, -0.1) is 0 Å². The number of carboxylic acid groups (broad SMARTS) is 1. The van der Waals surface area contributed by atoms with Gasteiger partial charge in [-0.1, -0.05) is 41.5 Å². The van der Waals surface area contributed by atoms with Crippen LogP contribution < -0.4 is 4.74 Å². The Hall–Kier alpha value is -2.82. The van der Waals surface area contributed by atoms with Gasteiger partial charge in [-0.2, -0.15) is 0 Å². The molecule has 0 heterocycles. The first-order valence-electron chi connectivity index (χ1n) is 9.08. The monoisotopic (exact) mass is 367 g/mol. The molecular weight excluding hydrogens is 342 g/mol. The maximum atomic E-state index is 13.1. The van der Waals surface area contributed by atoms with E-state index in [9.17, 15) is 9.59 Å². The Morgan fingerprint density at radius 2 is 1.67 bits per heavy atom. The molecule has 1 fully saturated rings. The molecule has 5 nitrogen and oxygen atoms in total. The molecule has 1 saturated carbocycles. The molecule has 1 N–H and O–H groups in total. The predicted octanol–water partition coefficient (Wildman–Crippen LogP) is 3.46. The Morgan fingerprint density at radius 3 is 2.19 bits per heavy atom. The van der Waals surface area contributed by atoms with Gasteiger partial charge < -0.3 is 14.7 Å². The van der Waals surface area contributed by atoms with Crippen LogP contribution in [0.3, 0.4) is 0 Å². The Bertz CT molecular complexity index is 833. The fraction of sp³-hybridized carbons (Fsp3) is 0.364. The number of hydrogen-bond acceptors (Lipinski definition) is 3. The topological polar surface area (TPSA) is 66.8 Å². The lowest BCUT2D eigenvalue weighted by Crippen LogP contribution is -2.36. The average Bonchev–Trinajstić information content (AvgIpc) is 3.41. The standard InChI is InChI=1S/C22H25NO4/c1-15-10-16(2)12-18(11-15)22(8-9-22)21(26)23(3)13-17-4-6-19(7-5-17)27-14-20(24)25/h4-7,10-12H,8-9,13-14H2,1-3H3,(H,24,25). The van der Waals surface area contributed by atoms with Gasteiger partial charge in [0.15, 0.2) is 6.61 Å². The third kappa shape index (κ3) is 4.30. The lowest BCUT2D eigenvalue weighted by atomic mass is 9.91. The van der Waals surface area contributed by atoms with Crippen LogP contribution in [0.15, 0.2) is 42.5 Å². The van der Waals surface area contributed by atoms with Crippen LogP contribution in [0.2, 0.25) is 0 Å². The highest BCUT2D eigenvalue weighted by molar-refractivity contribution is 5.91. The zero-order chi connectivity index (χ0) is 19.6. The van der Waals surface area contributed by atoms with Gasteiger partial charge in [0.2, 0.25) is 5.91 Å². The van der Waals surface area contributed by atoms with Crippen molar-refractivity contribution in [3.8, 4) is 5.75 Å². The molecule has 0 atom stereocenters. The van der Waals surface area contributed by atoms with E-state index in [0.717, 1.165) is 24.0 Å². The van der Waals surface area contributed by atoms with Crippen molar-refractivity contribution < 1.29 is 19.4 Å². The molecule has 3 rings (SSSR count). The van der Waals surface area contributed by atoms with Crippen LogP contribution in [-0.2, 0) is 21.5 Å². The lowest BCUT2D eigenvalue weighted by Gasteiger charge is -2.24. The third-order valence-electron chi connectivity index (χ3n) is 4.99. The number of aliphatic carboxylic acids is 1. The molecule has 1 aliphatic carbocycles. The van der Waals surface area contributed by atoms with Crippen LogP contribution in [-0.4, -0.2) is 35.5 Å². The van der Waals surface area contributed by atoms with Crippen LogP contribution >= 0.6 is 0 Å². The second-order valence-electron chi connectivity index (χ2n) is 7.45. The number of ether oxygens (including phenoxy) is 1. The number of amides is 1. The maximum absolute atomic E-state index is 13.1. The van der Waals surface area contributed by atoms with Gasteiger partial charge in [0, 0.05) is 13.6 Å². The molecule has 0 radical (unpaired) electrons. The SMILES string of the molecule is Cc1cc(C)cc(C2(C(=O)N(C)Cc3ccc(OCC(=O)O)cc3)CC2)c1. The van der Waals surface area contributed by atoms with Crippen molar-refractivity contribution in [3.63, 3.8) is 0 Å². The number of hydrogen-bond donors (Lipinski definition) is 1. The molecule has 0 aromatic heterocycles. The molecule has 5 heteroatoms. The van der Waals surface area contributed by atoms with Crippen LogP contribution in [0, 0.1) is 13.8 Å². The fourth-order valence-corrected chi connectivity index (χ4v) is 3.55. The van der Waals surface area contributed by atoms with Crippen LogP contribution in [0.5, 0.6) is 5.75 Å². The summed E-state index contributed by atoms with van der Waals surface area (Å²) in [5, 5.41) is 8.65. The van der Waals surface area contributed by atoms with E-state index in [1.807, 2.05) is 19.2 Å². The van der Waals surface area contributed by atoms with Gasteiger partial charge in [-0.05, 0) is 49.9 Å². The van der Waals surface area contributed by atoms with Gasteiger partial charge in [0.25, 0.3) is 0 Å². The van der Waals surface area contributed by atoms with Crippen molar-refractivity contribution >= 4 is 11.9 Å². The molecule has 0 bridgehead atoms. The van der Waals surface area contributed by atoms with E-state index < -0.39 is 5.97 Å². The summed E-state index contributed by atoms with van der Waals surface area (Å²) >= 11 is 0.